The van der Waals surface area contributed by atoms with Gasteiger partial charge in [-0.05, 0) is 55.6 Å². The fraction of sp³-hybridized carbons (Fsp3) is 0.259. The highest BCUT2D eigenvalue weighted by Gasteiger charge is 2.21. The van der Waals surface area contributed by atoms with Crippen LogP contribution in [0.5, 0.6) is 5.75 Å². The van der Waals surface area contributed by atoms with Crippen molar-refractivity contribution in [2.45, 2.75) is 32.4 Å². The first-order valence-corrected chi connectivity index (χ1v) is 12.8. The zero-order chi connectivity index (χ0) is 25.8. The topological polar surface area (TPSA) is 112 Å². The SMILES string of the molecule is Cc1c(C(=O)NCc2ccccc2C#N)sc2ncnc(Nc3ccc(F)cc3OC3CCCNC3)c12. The molecule has 5 rings (SSSR count). The molecule has 0 aliphatic carbocycles. The lowest BCUT2D eigenvalue weighted by molar-refractivity contribution is 0.0954. The van der Waals surface area contributed by atoms with Crippen LogP contribution >= 0.6 is 11.3 Å². The number of hydrogen-bond donors (Lipinski definition) is 3. The molecule has 1 aliphatic rings. The number of benzene rings is 2. The van der Waals surface area contributed by atoms with Crippen molar-refractivity contribution >= 4 is 39.0 Å². The van der Waals surface area contributed by atoms with Crippen LogP contribution in [0.1, 0.15) is 39.2 Å². The second kappa shape index (κ2) is 10.9. The van der Waals surface area contributed by atoms with Crippen LogP contribution in [0.25, 0.3) is 10.2 Å². The zero-order valence-electron chi connectivity index (χ0n) is 20.2. The number of piperidine rings is 1. The lowest BCUT2D eigenvalue weighted by Crippen LogP contribution is -2.37. The van der Waals surface area contributed by atoms with Crippen LogP contribution in [0, 0.1) is 24.1 Å². The highest BCUT2D eigenvalue weighted by molar-refractivity contribution is 7.20. The molecular formula is C27H25FN6O2S. The molecule has 2 aromatic heterocycles. The predicted octanol–water partition coefficient (Wildman–Crippen LogP) is 4.81. The largest absolute Gasteiger partial charge is 0.487 e. The number of anilines is 2. The maximum Gasteiger partial charge on any atom is 0.261 e. The van der Waals surface area contributed by atoms with Gasteiger partial charge >= 0.3 is 0 Å². The normalized spacial score (nSPS) is 15.2. The number of rotatable bonds is 7. The van der Waals surface area contributed by atoms with Crippen LogP contribution in [0.15, 0.2) is 48.8 Å². The molecule has 2 aromatic carbocycles. The van der Waals surface area contributed by atoms with E-state index in [9.17, 15) is 14.4 Å². The van der Waals surface area contributed by atoms with Gasteiger partial charge in [0.1, 0.15) is 34.6 Å². The fourth-order valence-corrected chi connectivity index (χ4v) is 5.41. The lowest BCUT2D eigenvalue weighted by Gasteiger charge is -2.25. The highest BCUT2D eigenvalue weighted by atomic mass is 32.1. The van der Waals surface area contributed by atoms with Crippen molar-refractivity contribution in [3.8, 4) is 11.8 Å². The average molecular weight is 517 g/mol. The van der Waals surface area contributed by atoms with Gasteiger partial charge in [0, 0.05) is 19.2 Å². The molecule has 3 heterocycles. The Morgan fingerprint density at radius 3 is 2.97 bits per heavy atom. The van der Waals surface area contributed by atoms with Crippen LogP contribution in [0.3, 0.4) is 0 Å². The predicted molar refractivity (Wildman–Crippen MR) is 141 cm³/mol. The maximum absolute atomic E-state index is 14.1. The Bertz CT molecular complexity index is 1490. The summed E-state index contributed by atoms with van der Waals surface area (Å²) >= 11 is 1.27. The third-order valence-electron chi connectivity index (χ3n) is 6.25. The van der Waals surface area contributed by atoms with Crippen molar-refractivity contribution in [1.29, 1.82) is 5.26 Å². The van der Waals surface area contributed by atoms with E-state index in [1.54, 1.807) is 18.2 Å². The van der Waals surface area contributed by atoms with Crippen LogP contribution in [-0.2, 0) is 6.54 Å². The minimum atomic E-state index is -0.388. The number of ether oxygens (including phenoxy) is 1. The van der Waals surface area contributed by atoms with Crippen LogP contribution in [0.2, 0.25) is 0 Å². The molecule has 0 spiro atoms. The number of amides is 1. The molecule has 1 aliphatic heterocycles. The Labute approximate surface area is 217 Å². The number of thiophene rings is 1. The molecule has 1 fully saturated rings. The van der Waals surface area contributed by atoms with E-state index in [-0.39, 0.29) is 24.4 Å². The maximum atomic E-state index is 14.1. The molecule has 0 saturated carbocycles. The van der Waals surface area contributed by atoms with E-state index in [0.717, 1.165) is 30.5 Å². The van der Waals surface area contributed by atoms with Crippen LogP contribution < -0.4 is 20.7 Å². The number of nitrogens with one attached hydrogen (secondary N) is 3. The van der Waals surface area contributed by atoms with Gasteiger partial charge in [0.2, 0.25) is 0 Å². The van der Waals surface area contributed by atoms with Gasteiger partial charge < -0.3 is 20.7 Å². The Morgan fingerprint density at radius 1 is 1.30 bits per heavy atom. The van der Waals surface area contributed by atoms with Gasteiger partial charge in [-0.2, -0.15) is 5.26 Å². The third-order valence-corrected chi connectivity index (χ3v) is 7.45. The fourth-order valence-electron chi connectivity index (χ4n) is 4.35. The van der Waals surface area contributed by atoms with E-state index in [1.165, 1.54) is 29.8 Å². The Balaban J connectivity index is 1.40. The highest BCUT2D eigenvalue weighted by Crippen LogP contribution is 2.37. The van der Waals surface area contributed by atoms with Gasteiger partial charge in [0.15, 0.2) is 0 Å². The van der Waals surface area contributed by atoms with E-state index < -0.39 is 0 Å². The monoisotopic (exact) mass is 516 g/mol. The van der Waals surface area contributed by atoms with Gasteiger partial charge in [-0.1, -0.05) is 18.2 Å². The van der Waals surface area contributed by atoms with E-state index in [4.69, 9.17) is 4.74 Å². The van der Waals surface area contributed by atoms with Crippen molar-refractivity contribution in [2.75, 3.05) is 18.4 Å². The summed E-state index contributed by atoms with van der Waals surface area (Å²) in [4.78, 5) is 23.0. The average Bonchev–Trinajstić information content (AvgIpc) is 3.27. The number of nitriles is 1. The number of halogens is 1. The van der Waals surface area contributed by atoms with Crippen LogP contribution in [0.4, 0.5) is 15.9 Å². The molecule has 10 heteroatoms. The summed E-state index contributed by atoms with van der Waals surface area (Å²) in [7, 11) is 0. The summed E-state index contributed by atoms with van der Waals surface area (Å²) in [5.41, 5.74) is 2.58. The molecule has 37 heavy (non-hydrogen) atoms. The number of hydrogen-bond acceptors (Lipinski definition) is 8. The molecule has 1 atom stereocenters. The van der Waals surface area contributed by atoms with Gasteiger partial charge in [-0.15, -0.1) is 11.3 Å². The molecule has 1 amide bonds. The van der Waals surface area contributed by atoms with E-state index in [1.807, 2.05) is 19.1 Å². The second-order valence-corrected chi connectivity index (χ2v) is 9.76. The van der Waals surface area contributed by atoms with Crippen molar-refractivity contribution in [2.24, 2.45) is 0 Å². The van der Waals surface area contributed by atoms with Crippen LogP contribution in [-0.4, -0.2) is 35.1 Å². The van der Waals surface area contributed by atoms with Crippen molar-refractivity contribution in [3.05, 3.63) is 76.2 Å². The third kappa shape index (κ3) is 5.38. The molecule has 8 nitrogen and oxygen atoms in total. The molecule has 0 radical (unpaired) electrons. The Hall–Kier alpha value is -4.07. The lowest BCUT2D eigenvalue weighted by atomic mass is 10.1. The van der Waals surface area contributed by atoms with Gasteiger partial charge in [-0.3, -0.25) is 4.79 Å². The number of carbonyl (C=O) groups is 1. The molecule has 1 unspecified atom stereocenters. The standard InChI is InChI=1S/C27H25FN6O2S/c1-16-23-25(34-21-9-8-19(28)11-22(21)36-20-7-4-10-30-14-20)32-15-33-27(23)37-24(16)26(35)31-13-18-6-3-2-5-17(18)12-29/h2-3,5-6,8-9,11,15,20,30H,4,7,10,13-14H2,1H3,(H,31,35)(H,32,33,34). The van der Waals surface area contributed by atoms with Crippen molar-refractivity contribution < 1.29 is 13.9 Å². The number of fused-ring (bicyclic) bond motifs is 1. The minimum absolute atomic E-state index is 0.0501. The first kappa shape index (κ1) is 24.6. The van der Waals surface area contributed by atoms with Gasteiger partial charge in [0.25, 0.3) is 5.91 Å². The number of aryl methyl sites for hydroxylation is 1. The number of nitrogens with zero attached hydrogens (tertiary/aromatic N) is 3. The summed E-state index contributed by atoms with van der Waals surface area (Å²) < 4.78 is 20.2. The summed E-state index contributed by atoms with van der Waals surface area (Å²) in [6.07, 6.45) is 3.27. The molecule has 0 bridgehead atoms. The molecule has 4 aromatic rings. The number of aromatic nitrogens is 2. The smallest absolute Gasteiger partial charge is 0.261 e. The molecule has 3 N–H and O–H groups in total. The van der Waals surface area contributed by atoms with E-state index in [2.05, 4.69) is 32.0 Å². The quantitative estimate of drug-likeness (QED) is 0.323. The molecule has 188 valence electrons. The zero-order valence-corrected chi connectivity index (χ0v) is 21.0. The summed E-state index contributed by atoms with van der Waals surface area (Å²) in [5.74, 6) is 0.268. The van der Waals surface area contributed by atoms with E-state index in [0.29, 0.717) is 44.5 Å². The summed E-state index contributed by atoms with van der Waals surface area (Å²) in [6.45, 7) is 3.74. The molecular weight excluding hydrogens is 491 g/mol. The summed E-state index contributed by atoms with van der Waals surface area (Å²) in [6, 6.07) is 13.7. The van der Waals surface area contributed by atoms with E-state index >= 15 is 0 Å². The van der Waals surface area contributed by atoms with Crippen molar-refractivity contribution in [1.82, 2.24) is 20.6 Å². The Morgan fingerprint density at radius 2 is 2.16 bits per heavy atom. The minimum Gasteiger partial charge on any atom is -0.487 e. The second-order valence-electron chi connectivity index (χ2n) is 8.76. The van der Waals surface area contributed by atoms with Crippen molar-refractivity contribution in [3.63, 3.8) is 0 Å². The summed E-state index contributed by atoms with van der Waals surface area (Å²) in [5, 5.41) is 19.5. The van der Waals surface area contributed by atoms with Gasteiger partial charge in [0.05, 0.1) is 27.6 Å². The first-order valence-electron chi connectivity index (χ1n) is 12.0. The Kier molecular flexibility index (Phi) is 7.25. The van der Waals surface area contributed by atoms with Gasteiger partial charge in [-0.25, -0.2) is 14.4 Å². The first-order chi connectivity index (χ1) is 18.0. The molecule has 1 saturated heterocycles. The number of carbonyl (C=O) groups excluding carboxylic acids is 1.